The van der Waals surface area contributed by atoms with Crippen molar-refractivity contribution in [2.45, 2.75) is 6.54 Å². The number of rotatable bonds is 2. The zero-order valence-corrected chi connectivity index (χ0v) is 7.53. The van der Waals surface area contributed by atoms with Crippen molar-refractivity contribution in [2.75, 3.05) is 0 Å². The van der Waals surface area contributed by atoms with Crippen molar-refractivity contribution in [1.82, 2.24) is 0 Å². The Morgan fingerprint density at radius 2 is 2.38 bits per heavy atom. The molecular formula is C9H8ClNO2. The monoisotopic (exact) mass is 197 g/mol. The van der Waals surface area contributed by atoms with E-state index in [1.54, 1.807) is 16.8 Å². The maximum atomic E-state index is 10.5. The van der Waals surface area contributed by atoms with Crippen LogP contribution >= 0.6 is 0 Å². The summed E-state index contributed by atoms with van der Waals surface area (Å²) in [5, 5.41) is 8.61. The van der Waals surface area contributed by atoms with Crippen molar-refractivity contribution in [3.05, 3.63) is 30.1 Å². The fraction of sp³-hybridized carbons (Fsp3) is 0.111. The Labute approximate surface area is 82.4 Å². The maximum Gasteiger partial charge on any atom is 0.341 e. The van der Waals surface area contributed by atoms with Crippen LogP contribution in [0.1, 0.15) is 10.4 Å². The number of aromatic nitrogens is 1. The minimum absolute atomic E-state index is 0. The van der Waals surface area contributed by atoms with Crippen LogP contribution in [0.25, 0.3) is 0 Å². The molecule has 0 spiro atoms. The third kappa shape index (κ3) is 3.14. The molecule has 0 aliphatic carbocycles. The summed E-state index contributed by atoms with van der Waals surface area (Å²) in [7, 11) is 0. The van der Waals surface area contributed by atoms with Crippen LogP contribution in [0.5, 0.6) is 0 Å². The van der Waals surface area contributed by atoms with Gasteiger partial charge < -0.3 is 17.5 Å². The van der Waals surface area contributed by atoms with Gasteiger partial charge in [0.15, 0.2) is 12.4 Å². The lowest BCUT2D eigenvalue weighted by atomic mass is 10.3. The molecule has 1 rings (SSSR count). The highest BCUT2D eigenvalue weighted by Crippen LogP contribution is 1.92. The van der Waals surface area contributed by atoms with E-state index >= 15 is 0 Å². The van der Waals surface area contributed by atoms with Gasteiger partial charge in [-0.15, -0.1) is 6.42 Å². The van der Waals surface area contributed by atoms with Crippen molar-refractivity contribution in [3.8, 4) is 12.3 Å². The van der Waals surface area contributed by atoms with Gasteiger partial charge in [0.25, 0.3) is 0 Å². The van der Waals surface area contributed by atoms with E-state index in [0.29, 0.717) is 6.54 Å². The molecule has 68 valence electrons. The van der Waals surface area contributed by atoms with E-state index in [1.807, 2.05) is 0 Å². The molecule has 0 radical (unpaired) electrons. The molecule has 4 heteroatoms. The Kier molecular flexibility index (Phi) is 4.57. The Hall–Kier alpha value is -1.53. The van der Waals surface area contributed by atoms with Crippen molar-refractivity contribution >= 4 is 5.97 Å². The summed E-state index contributed by atoms with van der Waals surface area (Å²) >= 11 is 0. The lowest BCUT2D eigenvalue weighted by Gasteiger charge is -1.91. The fourth-order valence-corrected chi connectivity index (χ4v) is 0.852. The number of hydrogen-bond acceptors (Lipinski definition) is 1. The Morgan fingerprint density at radius 3 is 2.92 bits per heavy atom. The number of halogens is 1. The SMILES string of the molecule is C#CC[n+]1cccc(C(=O)O)c1.[Cl-]. The quantitative estimate of drug-likeness (QED) is 0.415. The van der Waals surface area contributed by atoms with E-state index in [0.717, 1.165) is 0 Å². The summed E-state index contributed by atoms with van der Waals surface area (Å²) in [5.41, 5.74) is 0.243. The van der Waals surface area contributed by atoms with Gasteiger partial charge in [-0.3, -0.25) is 0 Å². The summed E-state index contributed by atoms with van der Waals surface area (Å²) in [6.45, 7) is 0.390. The van der Waals surface area contributed by atoms with Crippen molar-refractivity contribution in [2.24, 2.45) is 0 Å². The van der Waals surface area contributed by atoms with E-state index < -0.39 is 5.97 Å². The lowest BCUT2D eigenvalue weighted by Crippen LogP contribution is -3.00. The molecule has 0 fully saturated rings. The molecule has 0 aliphatic rings. The number of pyridine rings is 1. The Bertz CT molecular complexity index is 344. The molecule has 1 aromatic heterocycles. The first-order valence-electron chi connectivity index (χ1n) is 3.40. The van der Waals surface area contributed by atoms with Gasteiger partial charge in [-0.25, -0.2) is 4.79 Å². The van der Waals surface area contributed by atoms with Crippen LogP contribution in [0.4, 0.5) is 0 Å². The average molecular weight is 198 g/mol. The van der Waals surface area contributed by atoms with Gasteiger partial charge in [-0.2, -0.15) is 4.57 Å². The molecular weight excluding hydrogens is 190 g/mol. The van der Waals surface area contributed by atoms with Gasteiger partial charge >= 0.3 is 5.97 Å². The summed E-state index contributed by atoms with van der Waals surface area (Å²) in [4.78, 5) is 10.5. The topological polar surface area (TPSA) is 41.2 Å². The molecule has 0 bridgehead atoms. The molecule has 0 saturated heterocycles. The summed E-state index contributed by atoms with van der Waals surface area (Å²) < 4.78 is 1.64. The van der Waals surface area contributed by atoms with Crippen LogP contribution < -0.4 is 17.0 Å². The molecule has 0 aliphatic heterocycles. The second-order valence-corrected chi connectivity index (χ2v) is 2.27. The first-order valence-corrected chi connectivity index (χ1v) is 3.40. The number of carboxylic acid groups (broad SMARTS) is 1. The average Bonchev–Trinajstić information content (AvgIpc) is 2.05. The lowest BCUT2D eigenvalue weighted by molar-refractivity contribution is -0.684. The van der Waals surface area contributed by atoms with E-state index in [-0.39, 0.29) is 18.0 Å². The van der Waals surface area contributed by atoms with Gasteiger partial charge in [0.2, 0.25) is 6.54 Å². The Morgan fingerprint density at radius 1 is 1.69 bits per heavy atom. The zero-order valence-electron chi connectivity index (χ0n) is 6.77. The maximum absolute atomic E-state index is 10.5. The summed E-state index contributed by atoms with van der Waals surface area (Å²) in [5.74, 6) is 1.48. The normalized spacial score (nSPS) is 8.23. The molecule has 3 nitrogen and oxygen atoms in total. The van der Waals surface area contributed by atoms with Crippen molar-refractivity contribution in [1.29, 1.82) is 0 Å². The fourth-order valence-electron chi connectivity index (χ4n) is 0.852. The number of carboxylic acids is 1. The van der Waals surface area contributed by atoms with Crippen LogP contribution in [0.15, 0.2) is 24.5 Å². The highest BCUT2D eigenvalue weighted by molar-refractivity contribution is 5.86. The van der Waals surface area contributed by atoms with Crippen LogP contribution in [0.2, 0.25) is 0 Å². The smallest absolute Gasteiger partial charge is 0.341 e. The molecule has 0 aromatic carbocycles. The number of terminal acetylenes is 1. The first kappa shape index (κ1) is 11.5. The predicted molar refractivity (Wildman–Crippen MR) is 42.4 cm³/mol. The molecule has 0 atom stereocenters. The zero-order chi connectivity index (χ0) is 8.97. The predicted octanol–water partition coefficient (Wildman–Crippen LogP) is -2.69. The molecule has 13 heavy (non-hydrogen) atoms. The highest BCUT2D eigenvalue weighted by Gasteiger charge is 2.06. The number of carbonyl (C=O) groups is 1. The molecule has 0 unspecified atom stereocenters. The van der Waals surface area contributed by atoms with E-state index in [9.17, 15) is 4.79 Å². The van der Waals surface area contributed by atoms with Crippen LogP contribution in [0.3, 0.4) is 0 Å². The highest BCUT2D eigenvalue weighted by atomic mass is 35.5. The third-order valence-corrected chi connectivity index (χ3v) is 1.38. The van der Waals surface area contributed by atoms with E-state index in [1.165, 1.54) is 12.3 Å². The summed E-state index contributed by atoms with van der Waals surface area (Å²) in [6.07, 6.45) is 8.30. The van der Waals surface area contributed by atoms with Crippen molar-refractivity contribution in [3.63, 3.8) is 0 Å². The van der Waals surface area contributed by atoms with Crippen LogP contribution in [-0.2, 0) is 6.54 Å². The largest absolute Gasteiger partial charge is 1.00 e. The molecule has 1 N–H and O–H groups in total. The number of hydrogen-bond donors (Lipinski definition) is 1. The molecule has 1 heterocycles. The minimum atomic E-state index is -0.943. The van der Waals surface area contributed by atoms with Gasteiger partial charge in [-0.05, 0) is 12.0 Å². The van der Waals surface area contributed by atoms with Gasteiger partial charge in [0.05, 0.1) is 0 Å². The van der Waals surface area contributed by atoms with Crippen LogP contribution in [0, 0.1) is 12.3 Å². The van der Waals surface area contributed by atoms with E-state index in [4.69, 9.17) is 11.5 Å². The first-order chi connectivity index (χ1) is 5.74. The molecule has 0 amide bonds. The molecule has 1 aromatic rings. The molecule has 0 saturated carbocycles. The third-order valence-electron chi connectivity index (χ3n) is 1.38. The standard InChI is InChI=1S/C9H7NO2.ClH/c1-2-5-10-6-3-4-8(7-10)9(11)12;/h1,3-4,6-7H,5H2;1H. The second kappa shape index (κ2) is 5.18. The van der Waals surface area contributed by atoms with E-state index in [2.05, 4.69) is 5.92 Å². The number of nitrogens with zero attached hydrogens (tertiary/aromatic N) is 1. The van der Waals surface area contributed by atoms with Gasteiger partial charge in [0, 0.05) is 6.07 Å². The van der Waals surface area contributed by atoms with Gasteiger partial charge in [0.1, 0.15) is 5.56 Å². The number of aromatic carboxylic acids is 1. The van der Waals surface area contributed by atoms with Crippen LogP contribution in [-0.4, -0.2) is 11.1 Å². The minimum Gasteiger partial charge on any atom is -1.00 e. The second-order valence-electron chi connectivity index (χ2n) is 2.27. The summed E-state index contributed by atoms with van der Waals surface area (Å²) in [6, 6.07) is 3.18. The van der Waals surface area contributed by atoms with Gasteiger partial charge in [-0.1, -0.05) is 0 Å². The Balaban J connectivity index is 0.00000144. The van der Waals surface area contributed by atoms with Crippen molar-refractivity contribution < 1.29 is 26.9 Å².